The molecular formula is C29H32N4O. The van der Waals surface area contributed by atoms with Crippen molar-refractivity contribution in [2.75, 3.05) is 5.32 Å². The molecule has 5 heteroatoms. The summed E-state index contributed by atoms with van der Waals surface area (Å²) < 4.78 is 0. The van der Waals surface area contributed by atoms with E-state index in [1.165, 1.54) is 5.56 Å². The van der Waals surface area contributed by atoms with Gasteiger partial charge in [0.1, 0.15) is 0 Å². The topological polar surface area (TPSA) is 58.1 Å². The number of rotatable bonds is 7. The molecule has 2 heterocycles. The molecule has 0 fully saturated rings. The first kappa shape index (κ1) is 23.6. The molecule has 0 aliphatic heterocycles. The third-order valence-corrected chi connectivity index (χ3v) is 6.05. The van der Waals surface area contributed by atoms with E-state index in [2.05, 4.69) is 74.1 Å². The number of amides is 1. The normalized spacial score (nSPS) is 11.5. The number of aryl methyl sites for hydroxylation is 1. The third-order valence-electron chi connectivity index (χ3n) is 6.05. The summed E-state index contributed by atoms with van der Waals surface area (Å²) >= 11 is 0. The Kier molecular flexibility index (Phi) is 7.03. The molecule has 1 N–H and O–H groups in total. The summed E-state index contributed by atoms with van der Waals surface area (Å²) in [5, 5.41) is 3.97. The monoisotopic (exact) mass is 452 g/mol. The number of anilines is 1. The van der Waals surface area contributed by atoms with Crippen molar-refractivity contribution in [3.05, 3.63) is 89.7 Å². The second kappa shape index (κ2) is 10.1. The van der Waals surface area contributed by atoms with Crippen molar-refractivity contribution < 1.29 is 4.79 Å². The number of hydrogen-bond donors (Lipinski definition) is 1. The highest BCUT2D eigenvalue weighted by atomic mass is 16.1. The van der Waals surface area contributed by atoms with Gasteiger partial charge in [0.15, 0.2) is 0 Å². The van der Waals surface area contributed by atoms with Crippen LogP contribution in [-0.4, -0.2) is 32.9 Å². The second-order valence-electron chi connectivity index (χ2n) is 9.32. The molecule has 4 aromatic rings. The molecule has 0 saturated carbocycles. The predicted octanol–water partition coefficient (Wildman–Crippen LogP) is 6.48. The average Bonchev–Trinajstić information content (AvgIpc) is 2.82. The lowest BCUT2D eigenvalue weighted by atomic mass is 10.1. The molecule has 174 valence electrons. The van der Waals surface area contributed by atoms with Gasteiger partial charge in [0.05, 0.1) is 22.5 Å². The summed E-state index contributed by atoms with van der Waals surface area (Å²) in [5.41, 5.74) is 6.31. The van der Waals surface area contributed by atoms with Gasteiger partial charge < -0.3 is 5.32 Å². The van der Waals surface area contributed by atoms with Gasteiger partial charge in [0.2, 0.25) is 0 Å². The van der Waals surface area contributed by atoms with Crippen LogP contribution in [0.1, 0.15) is 49.3 Å². The summed E-state index contributed by atoms with van der Waals surface area (Å²) in [7, 11) is 0. The highest BCUT2D eigenvalue weighted by molar-refractivity contribution is 6.05. The first-order valence-corrected chi connectivity index (χ1v) is 11.8. The van der Waals surface area contributed by atoms with Gasteiger partial charge in [-0.25, -0.2) is 0 Å². The SMILES string of the molecule is Cc1ccc(-c2ccc(C(=O)Nc3ccc4nc(CN(C(C)C)C(C)C)ccc4c3)cn2)cc1. The minimum atomic E-state index is -0.184. The van der Waals surface area contributed by atoms with Crippen molar-refractivity contribution in [1.82, 2.24) is 14.9 Å². The Morgan fingerprint density at radius 2 is 1.65 bits per heavy atom. The highest BCUT2D eigenvalue weighted by Crippen LogP contribution is 2.21. The van der Waals surface area contributed by atoms with E-state index in [-0.39, 0.29) is 5.91 Å². The highest BCUT2D eigenvalue weighted by Gasteiger charge is 2.15. The molecule has 0 radical (unpaired) electrons. The zero-order valence-electron chi connectivity index (χ0n) is 20.5. The van der Waals surface area contributed by atoms with Gasteiger partial charge in [-0.3, -0.25) is 19.7 Å². The number of pyridine rings is 2. The fourth-order valence-corrected chi connectivity index (χ4v) is 4.11. The Labute approximate surface area is 201 Å². The number of nitrogens with one attached hydrogen (secondary N) is 1. The first-order valence-electron chi connectivity index (χ1n) is 11.8. The number of benzene rings is 2. The van der Waals surface area contributed by atoms with Crippen LogP contribution in [0.4, 0.5) is 5.69 Å². The van der Waals surface area contributed by atoms with Crippen molar-refractivity contribution in [1.29, 1.82) is 0 Å². The maximum atomic E-state index is 12.8. The lowest BCUT2D eigenvalue weighted by Gasteiger charge is -2.30. The second-order valence-corrected chi connectivity index (χ2v) is 9.32. The largest absolute Gasteiger partial charge is 0.322 e. The molecule has 4 rings (SSSR count). The maximum absolute atomic E-state index is 12.8. The number of hydrogen-bond acceptors (Lipinski definition) is 4. The molecule has 0 atom stereocenters. The Hall–Kier alpha value is -3.57. The van der Waals surface area contributed by atoms with Crippen LogP contribution in [0.2, 0.25) is 0 Å². The molecule has 2 aromatic carbocycles. The van der Waals surface area contributed by atoms with Crippen LogP contribution in [0.25, 0.3) is 22.2 Å². The Bertz CT molecular complexity index is 1270. The Morgan fingerprint density at radius 3 is 2.29 bits per heavy atom. The van der Waals surface area contributed by atoms with Gasteiger partial charge in [-0.05, 0) is 71.0 Å². The van der Waals surface area contributed by atoms with Crippen molar-refractivity contribution in [2.24, 2.45) is 0 Å². The summed E-state index contributed by atoms with van der Waals surface area (Å²) in [6, 6.07) is 22.7. The fraction of sp³-hybridized carbons (Fsp3) is 0.276. The molecule has 5 nitrogen and oxygen atoms in total. The van der Waals surface area contributed by atoms with E-state index in [9.17, 15) is 4.79 Å². The van der Waals surface area contributed by atoms with Crippen molar-refractivity contribution in [2.45, 2.75) is 53.2 Å². The molecular weight excluding hydrogens is 420 g/mol. The molecule has 34 heavy (non-hydrogen) atoms. The number of carbonyl (C=O) groups excluding carboxylic acids is 1. The summed E-state index contributed by atoms with van der Waals surface area (Å²) in [6.07, 6.45) is 1.62. The minimum absolute atomic E-state index is 0.184. The number of aromatic nitrogens is 2. The van der Waals surface area contributed by atoms with Crippen LogP contribution in [0.5, 0.6) is 0 Å². The zero-order valence-corrected chi connectivity index (χ0v) is 20.5. The molecule has 0 aliphatic rings. The maximum Gasteiger partial charge on any atom is 0.257 e. The lowest BCUT2D eigenvalue weighted by Crippen LogP contribution is -2.36. The van der Waals surface area contributed by atoms with Gasteiger partial charge in [0, 0.05) is 41.5 Å². The number of nitrogens with zero attached hydrogens (tertiary/aromatic N) is 3. The van der Waals surface area contributed by atoms with Crippen molar-refractivity contribution in [3.8, 4) is 11.3 Å². The smallest absolute Gasteiger partial charge is 0.257 e. The third kappa shape index (κ3) is 5.49. The van der Waals surface area contributed by atoms with Crippen LogP contribution >= 0.6 is 0 Å². The standard InChI is InChI=1S/C29H32N4O/c1-19(2)33(20(3)4)18-26-12-10-23-16-25(13-15-28(23)31-26)32-29(34)24-11-14-27(30-17-24)22-8-6-21(5)7-9-22/h6-17,19-20H,18H2,1-5H3,(H,32,34). The minimum Gasteiger partial charge on any atom is -0.322 e. The predicted molar refractivity (Wildman–Crippen MR) is 140 cm³/mol. The number of fused-ring (bicyclic) bond motifs is 1. The van der Waals surface area contributed by atoms with Gasteiger partial charge in [-0.15, -0.1) is 0 Å². The fourth-order valence-electron chi connectivity index (χ4n) is 4.11. The van der Waals surface area contributed by atoms with Crippen LogP contribution < -0.4 is 5.32 Å². The van der Waals surface area contributed by atoms with Crippen LogP contribution in [-0.2, 0) is 6.54 Å². The van der Waals surface area contributed by atoms with E-state index in [0.29, 0.717) is 17.6 Å². The van der Waals surface area contributed by atoms with Crippen molar-refractivity contribution >= 4 is 22.5 Å². The molecule has 2 aromatic heterocycles. The van der Waals surface area contributed by atoms with E-state index in [1.807, 2.05) is 42.5 Å². The van der Waals surface area contributed by atoms with E-state index in [4.69, 9.17) is 4.98 Å². The molecule has 0 aliphatic carbocycles. The number of carbonyl (C=O) groups is 1. The Balaban J connectivity index is 1.46. The van der Waals surface area contributed by atoms with Crippen molar-refractivity contribution in [3.63, 3.8) is 0 Å². The van der Waals surface area contributed by atoms with Gasteiger partial charge in [-0.1, -0.05) is 35.9 Å². The molecule has 0 saturated heterocycles. The van der Waals surface area contributed by atoms with E-state index >= 15 is 0 Å². The van der Waals surface area contributed by atoms with E-state index < -0.39 is 0 Å². The summed E-state index contributed by atoms with van der Waals surface area (Å²) in [6.45, 7) is 11.7. The van der Waals surface area contributed by atoms with Gasteiger partial charge in [0.25, 0.3) is 5.91 Å². The van der Waals surface area contributed by atoms with Gasteiger partial charge in [-0.2, -0.15) is 0 Å². The summed E-state index contributed by atoms with van der Waals surface area (Å²) in [4.78, 5) is 24.5. The lowest BCUT2D eigenvalue weighted by molar-refractivity contribution is 0.102. The molecule has 0 unspecified atom stereocenters. The molecule has 1 amide bonds. The van der Waals surface area contributed by atoms with E-state index in [0.717, 1.165) is 40.1 Å². The Morgan fingerprint density at radius 1 is 0.912 bits per heavy atom. The first-order chi connectivity index (χ1) is 16.3. The van der Waals surface area contributed by atoms with Crippen LogP contribution in [0.15, 0.2) is 72.9 Å². The quantitative estimate of drug-likeness (QED) is 0.349. The van der Waals surface area contributed by atoms with Crippen LogP contribution in [0, 0.1) is 6.92 Å². The van der Waals surface area contributed by atoms with E-state index in [1.54, 1.807) is 6.20 Å². The zero-order chi connectivity index (χ0) is 24.2. The van der Waals surface area contributed by atoms with Gasteiger partial charge >= 0.3 is 0 Å². The van der Waals surface area contributed by atoms with Crippen LogP contribution in [0.3, 0.4) is 0 Å². The summed E-state index contributed by atoms with van der Waals surface area (Å²) in [5.74, 6) is -0.184. The molecule has 0 bridgehead atoms. The molecule has 0 spiro atoms. The average molecular weight is 453 g/mol.